The normalized spacial score (nSPS) is 28.5. The molecule has 5 nitrogen and oxygen atoms in total. The van der Waals surface area contributed by atoms with E-state index < -0.39 is 17.9 Å². The number of hydrogen-bond donors (Lipinski definition) is 2. The van der Waals surface area contributed by atoms with Gasteiger partial charge in [-0.15, -0.1) is 0 Å². The monoisotopic (exact) mass is 254 g/mol. The van der Waals surface area contributed by atoms with E-state index in [1.54, 1.807) is 0 Å². The van der Waals surface area contributed by atoms with E-state index in [0.29, 0.717) is 18.9 Å². The zero-order valence-corrected chi connectivity index (χ0v) is 10.7. The van der Waals surface area contributed by atoms with Gasteiger partial charge in [-0.05, 0) is 31.6 Å². The van der Waals surface area contributed by atoms with Crippen LogP contribution in [-0.2, 0) is 9.59 Å². The van der Waals surface area contributed by atoms with E-state index >= 15 is 0 Å². The third-order valence-corrected chi connectivity index (χ3v) is 3.97. The van der Waals surface area contributed by atoms with E-state index in [2.05, 4.69) is 0 Å². The molecule has 0 spiro atoms. The lowest BCUT2D eigenvalue weighted by molar-refractivity contribution is -0.148. The summed E-state index contributed by atoms with van der Waals surface area (Å²) in [5, 5.41) is 10.1. The van der Waals surface area contributed by atoms with Crippen LogP contribution in [0.1, 0.15) is 44.9 Å². The molecule has 0 radical (unpaired) electrons. The number of aliphatic hydroxyl groups excluding tert-OH is 1. The van der Waals surface area contributed by atoms with Crippen LogP contribution in [0.5, 0.6) is 0 Å². The summed E-state index contributed by atoms with van der Waals surface area (Å²) in [5.74, 6) is -1.05. The van der Waals surface area contributed by atoms with Gasteiger partial charge in [-0.1, -0.05) is 19.3 Å². The number of carbonyl (C=O) groups is 2. The maximum atomic E-state index is 11.9. The molecule has 0 heterocycles. The smallest absolute Gasteiger partial charge is 0.312 e. The van der Waals surface area contributed by atoms with Crippen molar-refractivity contribution in [1.29, 1.82) is 0 Å². The summed E-state index contributed by atoms with van der Waals surface area (Å²) in [6, 6.07) is -0.229. The number of carbonyl (C=O) groups excluding carboxylic acids is 2. The first-order valence-electron chi connectivity index (χ1n) is 6.88. The van der Waals surface area contributed by atoms with Gasteiger partial charge < -0.3 is 15.7 Å². The Bertz CT molecular complexity index is 328. The van der Waals surface area contributed by atoms with E-state index in [1.165, 1.54) is 4.90 Å². The van der Waals surface area contributed by atoms with Crippen molar-refractivity contribution in [2.45, 2.75) is 57.1 Å². The van der Waals surface area contributed by atoms with Gasteiger partial charge in [0, 0.05) is 6.54 Å². The molecule has 2 amide bonds. The van der Waals surface area contributed by atoms with Gasteiger partial charge in [0.05, 0.1) is 12.1 Å². The second-order valence-electron chi connectivity index (χ2n) is 5.54. The Hall–Kier alpha value is -1.10. The van der Waals surface area contributed by atoms with Crippen molar-refractivity contribution in [2.75, 3.05) is 6.54 Å². The Morgan fingerprint density at radius 2 is 1.78 bits per heavy atom. The minimum absolute atomic E-state index is 0.229. The summed E-state index contributed by atoms with van der Waals surface area (Å²) in [6.45, 7) is 0.573. The average molecular weight is 254 g/mol. The Balaban J connectivity index is 2.09. The third-order valence-electron chi connectivity index (χ3n) is 3.97. The Morgan fingerprint density at radius 3 is 2.39 bits per heavy atom. The quantitative estimate of drug-likeness (QED) is 0.565. The fraction of sp³-hybridized carbons (Fsp3) is 0.846. The third kappa shape index (κ3) is 3.22. The highest BCUT2D eigenvalue weighted by Crippen LogP contribution is 2.32. The SMILES string of the molecule is NC(=O)C(=O)N(CC1CC1)C1CCCCCC1O. The van der Waals surface area contributed by atoms with Crippen molar-refractivity contribution in [1.82, 2.24) is 4.90 Å². The zero-order chi connectivity index (χ0) is 13.1. The number of amides is 2. The number of hydrogen-bond acceptors (Lipinski definition) is 3. The number of nitrogens with zero attached hydrogens (tertiary/aromatic N) is 1. The van der Waals surface area contributed by atoms with Gasteiger partial charge in [0.2, 0.25) is 0 Å². The van der Waals surface area contributed by atoms with Crippen LogP contribution in [0.2, 0.25) is 0 Å². The van der Waals surface area contributed by atoms with Gasteiger partial charge in [0.1, 0.15) is 0 Å². The van der Waals surface area contributed by atoms with Crippen molar-refractivity contribution in [3.05, 3.63) is 0 Å². The molecule has 0 aromatic heterocycles. The molecule has 18 heavy (non-hydrogen) atoms. The first-order chi connectivity index (χ1) is 8.59. The lowest BCUT2D eigenvalue weighted by atomic mass is 10.0. The molecule has 0 aromatic rings. The first kappa shape index (κ1) is 13.3. The van der Waals surface area contributed by atoms with Crippen LogP contribution in [0.25, 0.3) is 0 Å². The van der Waals surface area contributed by atoms with Gasteiger partial charge in [-0.25, -0.2) is 0 Å². The molecule has 0 aromatic carbocycles. The van der Waals surface area contributed by atoms with E-state index in [1.807, 2.05) is 0 Å². The molecule has 102 valence electrons. The number of rotatable bonds is 3. The topological polar surface area (TPSA) is 83.6 Å². The van der Waals surface area contributed by atoms with Crippen molar-refractivity contribution < 1.29 is 14.7 Å². The van der Waals surface area contributed by atoms with Gasteiger partial charge in [0.25, 0.3) is 0 Å². The highest BCUT2D eigenvalue weighted by atomic mass is 16.3. The summed E-state index contributed by atoms with van der Waals surface area (Å²) in [6.07, 6.45) is 6.22. The molecule has 2 fully saturated rings. The van der Waals surface area contributed by atoms with Gasteiger partial charge in [-0.2, -0.15) is 0 Å². The summed E-state index contributed by atoms with van der Waals surface area (Å²) in [7, 11) is 0. The minimum atomic E-state index is -0.910. The number of primary amides is 1. The van der Waals surface area contributed by atoms with Gasteiger partial charge >= 0.3 is 11.8 Å². The van der Waals surface area contributed by atoms with Crippen molar-refractivity contribution in [2.24, 2.45) is 11.7 Å². The lowest BCUT2D eigenvalue weighted by Crippen LogP contribution is -2.51. The van der Waals surface area contributed by atoms with Crippen LogP contribution in [-0.4, -0.2) is 40.5 Å². The summed E-state index contributed by atoms with van der Waals surface area (Å²) in [5.41, 5.74) is 5.11. The molecular weight excluding hydrogens is 232 g/mol. The maximum Gasteiger partial charge on any atom is 0.312 e. The standard InChI is InChI=1S/C13H22N2O3/c14-12(17)13(18)15(8-9-6-7-9)10-4-2-1-3-5-11(10)16/h9-11,16H,1-8H2,(H2,14,17). The van der Waals surface area contributed by atoms with E-state index in [4.69, 9.17) is 5.73 Å². The number of aliphatic hydroxyl groups is 1. The molecule has 2 rings (SSSR count). The summed E-state index contributed by atoms with van der Waals surface area (Å²) in [4.78, 5) is 24.6. The maximum absolute atomic E-state index is 11.9. The van der Waals surface area contributed by atoms with Crippen molar-refractivity contribution in [3.63, 3.8) is 0 Å². The Labute approximate surface area is 107 Å². The molecule has 2 atom stereocenters. The molecule has 5 heteroatoms. The van der Waals surface area contributed by atoms with Crippen LogP contribution in [0, 0.1) is 5.92 Å². The lowest BCUT2D eigenvalue weighted by Gasteiger charge is -2.33. The highest BCUT2D eigenvalue weighted by Gasteiger charge is 2.36. The van der Waals surface area contributed by atoms with Crippen molar-refractivity contribution >= 4 is 11.8 Å². The van der Waals surface area contributed by atoms with Gasteiger partial charge in [-0.3, -0.25) is 9.59 Å². The van der Waals surface area contributed by atoms with Crippen LogP contribution in [0.15, 0.2) is 0 Å². The average Bonchev–Trinajstić information content (AvgIpc) is 3.13. The largest absolute Gasteiger partial charge is 0.391 e. The van der Waals surface area contributed by atoms with E-state index in [0.717, 1.165) is 38.5 Å². The van der Waals surface area contributed by atoms with Crippen LogP contribution < -0.4 is 5.73 Å². The van der Waals surface area contributed by atoms with Crippen molar-refractivity contribution in [3.8, 4) is 0 Å². The molecule has 2 aliphatic carbocycles. The van der Waals surface area contributed by atoms with Crippen LogP contribution in [0.3, 0.4) is 0 Å². The molecular formula is C13H22N2O3. The Kier molecular flexibility index (Phi) is 4.22. The number of nitrogens with two attached hydrogens (primary N) is 1. The predicted octanol–water partition coefficient (Wildman–Crippen LogP) is 0.404. The zero-order valence-electron chi connectivity index (χ0n) is 10.7. The van der Waals surface area contributed by atoms with E-state index in [9.17, 15) is 14.7 Å². The summed E-state index contributed by atoms with van der Waals surface area (Å²) >= 11 is 0. The Morgan fingerprint density at radius 1 is 1.11 bits per heavy atom. The molecule has 0 aliphatic heterocycles. The first-order valence-corrected chi connectivity index (χ1v) is 6.88. The fourth-order valence-corrected chi connectivity index (χ4v) is 2.72. The van der Waals surface area contributed by atoms with Gasteiger partial charge in [0.15, 0.2) is 0 Å². The molecule has 0 bridgehead atoms. The minimum Gasteiger partial charge on any atom is -0.391 e. The second-order valence-corrected chi connectivity index (χ2v) is 5.54. The van der Waals surface area contributed by atoms with Crippen LogP contribution in [0.4, 0.5) is 0 Å². The molecule has 3 N–H and O–H groups in total. The highest BCUT2D eigenvalue weighted by molar-refractivity contribution is 6.34. The molecule has 2 saturated carbocycles. The molecule has 2 unspecified atom stereocenters. The van der Waals surface area contributed by atoms with Crippen LogP contribution >= 0.6 is 0 Å². The molecule has 2 aliphatic rings. The second kappa shape index (κ2) is 5.69. The summed E-state index contributed by atoms with van der Waals surface area (Å²) < 4.78 is 0. The van der Waals surface area contributed by atoms with E-state index in [-0.39, 0.29) is 6.04 Å². The predicted molar refractivity (Wildman–Crippen MR) is 66.5 cm³/mol. The fourth-order valence-electron chi connectivity index (χ4n) is 2.72. The molecule has 0 saturated heterocycles.